The van der Waals surface area contributed by atoms with Gasteiger partial charge in [-0.25, -0.2) is 0 Å². The monoisotopic (exact) mass is 331 g/mol. The Morgan fingerprint density at radius 2 is 2.28 bits per heavy atom. The molecule has 1 aliphatic rings. The summed E-state index contributed by atoms with van der Waals surface area (Å²) < 4.78 is 11.6. The standard InChI is InChI=1S/C13H18BrNO2S/c1-9-12-11(7-16-13(2,3)17-12)10(6-15-9)8-18-5-4-14/h6H,4-5,7-8H2,1-3H3. The molecule has 3 nitrogen and oxygen atoms in total. The molecule has 0 unspecified atom stereocenters. The first-order valence-corrected chi connectivity index (χ1v) is 8.25. The number of aromatic nitrogens is 1. The van der Waals surface area contributed by atoms with Gasteiger partial charge in [0.2, 0.25) is 5.79 Å². The van der Waals surface area contributed by atoms with E-state index in [-0.39, 0.29) is 0 Å². The Hall–Kier alpha value is -0.260. The molecule has 0 N–H and O–H groups in total. The van der Waals surface area contributed by atoms with E-state index in [2.05, 4.69) is 20.9 Å². The minimum Gasteiger partial charge on any atom is -0.461 e. The van der Waals surface area contributed by atoms with Crippen molar-refractivity contribution < 1.29 is 9.47 Å². The lowest BCUT2D eigenvalue weighted by Gasteiger charge is -2.34. The number of nitrogens with zero attached hydrogens (tertiary/aromatic N) is 1. The molecule has 0 radical (unpaired) electrons. The minimum atomic E-state index is -0.554. The topological polar surface area (TPSA) is 31.4 Å². The first-order valence-electron chi connectivity index (χ1n) is 5.97. The highest BCUT2D eigenvalue weighted by Crippen LogP contribution is 2.36. The number of halogens is 1. The largest absolute Gasteiger partial charge is 0.461 e. The van der Waals surface area contributed by atoms with E-state index in [0.29, 0.717) is 6.61 Å². The van der Waals surface area contributed by atoms with E-state index in [1.165, 1.54) is 5.56 Å². The van der Waals surface area contributed by atoms with Crippen molar-refractivity contribution in [1.29, 1.82) is 0 Å². The molecule has 0 spiro atoms. The van der Waals surface area contributed by atoms with Gasteiger partial charge in [-0.1, -0.05) is 15.9 Å². The molecule has 1 aromatic heterocycles. The van der Waals surface area contributed by atoms with Crippen LogP contribution in [0.25, 0.3) is 0 Å². The van der Waals surface area contributed by atoms with Crippen LogP contribution in [0, 0.1) is 6.92 Å². The summed E-state index contributed by atoms with van der Waals surface area (Å²) in [6.45, 7) is 6.45. The van der Waals surface area contributed by atoms with Crippen LogP contribution >= 0.6 is 27.7 Å². The first kappa shape index (κ1) is 14.2. The van der Waals surface area contributed by atoms with E-state index < -0.39 is 5.79 Å². The van der Waals surface area contributed by atoms with E-state index in [1.54, 1.807) is 0 Å². The fourth-order valence-electron chi connectivity index (χ4n) is 1.85. The predicted octanol–water partition coefficient (Wildman–Crippen LogP) is 3.66. The number of rotatable bonds is 4. The fraction of sp³-hybridized carbons (Fsp3) is 0.615. The highest BCUT2D eigenvalue weighted by molar-refractivity contribution is 9.09. The summed E-state index contributed by atoms with van der Waals surface area (Å²) in [6.07, 6.45) is 1.94. The lowest BCUT2D eigenvalue weighted by molar-refractivity contribution is -0.180. The van der Waals surface area contributed by atoms with Crippen molar-refractivity contribution in [3.8, 4) is 5.75 Å². The third-order valence-electron chi connectivity index (χ3n) is 2.80. The summed E-state index contributed by atoms with van der Waals surface area (Å²) in [5.41, 5.74) is 3.32. The fourth-order valence-corrected chi connectivity index (χ4v) is 3.26. The quantitative estimate of drug-likeness (QED) is 0.622. The summed E-state index contributed by atoms with van der Waals surface area (Å²) in [6, 6.07) is 0. The van der Waals surface area contributed by atoms with Gasteiger partial charge in [0.1, 0.15) is 5.75 Å². The molecule has 1 aliphatic heterocycles. The number of pyridine rings is 1. The van der Waals surface area contributed by atoms with Crippen molar-refractivity contribution in [2.45, 2.75) is 38.9 Å². The van der Waals surface area contributed by atoms with E-state index in [4.69, 9.17) is 9.47 Å². The van der Waals surface area contributed by atoms with Crippen molar-refractivity contribution in [3.63, 3.8) is 0 Å². The van der Waals surface area contributed by atoms with Crippen molar-refractivity contribution in [3.05, 3.63) is 23.0 Å². The molecular formula is C13H18BrNO2S. The van der Waals surface area contributed by atoms with Gasteiger partial charge in [0, 0.05) is 42.4 Å². The molecular weight excluding hydrogens is 314 g/mol. The number of ether oxygens (including phenoxy) is 2. The Bertz CT molecular complexity index is 437. The molecule has 0 bridgehead atoms. The smallest absolute Gasteiger partial charge is 0.205 e. The van der Waals surface area contributed by atoms with Crippen LogP contribution in [0.3, 0.4) is 0 Å². The van der Waals surface area contributed by atoms with Crippen LogP contribution < -0.4 is 4.74 Å². The number of fused-ring (bicyclic) bond motifs is 1. The lowest BCUT2D eigenvalue weighted by atomic mass is 10.1. The lowest BCUT2D eigenvalue weighted by Crippen LogP contribution is -2.36. The summed E-state index contributed by atoms with van der Waals surface area (Å²) >= 11 is 5.33. The van der Waals surface area contributed by atoms with Crippen LogP contribution in [0.15, 0.2) is 6.20 Å². The highest BCUT2D eigenvalue weighted by Gasteiger charge is 2.30. The second-order valence-electron chi connectivity index (χ2n) is 4.71. The zero-order chi connectivity index (χ0) is 13.2. The van der Waals surface area contributed by atoms with Crippen molar-refractivity contribution in [2.24, 2.45) is 0 Å². The molecule has 0 saturated carbocycles. The maximum absolute atomic E-state index is 5.89. The summed E-state index contributed by atoms with van der Waals surface area (Å²) in [5.74, 6) is 2.40. The molecule has 0 amide bonds. The average Bonchev–Trinajstić information content (AvgIpc) is 2.32. The summed E-state index contributed by atoms with van der Waals surface area (Å²) in [5, 5.41) is 1.01. The van der Waals surface area contributed by atoms with Gasteiger partial charge in [-0.15, -0.1) is 0 Å². The second kappa shape index (κ2) is 5.80. The van der Waals surface area contributed by atoms with Crippen LogP contribution in [0.4, 0.5) is 0 Å². The second-order valence-corrected chi connectivity index (χ2v) is 6.61. The van der Waals surface area contributed by atoms with Gasteiger partial charge in [-0.3, -0.25) is 4.98 Å². The van der Waals surface area contributed by atoms with Gasteiger partial charge in [-0.2, -0.15) is 11.8 Å². The van der Waals surface area contributed by atoms with Gasteiger partial charge in [0.25, 0.3) is 0 Å². The highest BCUT2D eigenvalue weighted by atomic mass is 79.9. The van der Waals surface area contributed by atoms with Gasteiger partial charge < -0.3 is 9.47 Å². The number of hydrogen-bond donors (Lipinski definition) is 0. The normalized spacial score (nSPS) is 17.1. The molecule has 5 heteroatoms. The number of thioether (sulfide) groups is 1. The van der Waals surface area contributed by atoms with Crippen LogP contribution in [0.5, 0.6) is 5.75 Å². The number of alkyl halides is 1. The van der Waals surface area contributed by atoms with E-state index in [0.717, 1.165) is 33.8 Å². The summed E-state index contributed by atoms with van der Waals surface area (Å²) in [4.78, 5) is 4.43. The van der Waals surface area contributed by atoms with E-state index in [1.807, 2.05) is 38.7 Å². The van der Waals surface area contributed by atoms with Gasteiger partial charge in [0.15, 0.2) is 0 Å². The Balaban J connectivity index is 2.24. The maximum Gasteiger partial charge on any atom is 0.205 e. The number of aryl methyl sites for hydroxylation is 1. The van der Waals surface area contributed by atoms with Crippen LogP contribution in [-0.4, -0.2) is 21.9 Å². The Morgan fingerprint density at radius 1 is 1.50 bits per heavy atom. The Kier molecular flexibility index (Phi) is 4.56. The van der Waals surface area contributed by atoms with Gasteiger partial charge in [0.05, 0.1) is 12.3 Å². The van der Waals surface area contributed by atoms with Crippen LogP contribution in [-0.2, 0) is 17.1 Å². The first-order chi connectivity index (χ1) is 8.53. The average molecular weight is 332 g/mol. The Morgan fingerprint density at radius 3 is 3.00 bits per heavy atom. The SMILES string of the molecule is Cc1ncc(CSCCBr)c2c1OC(C)(C)OC2. The molecule has 2 rings (SSSR count). The van der Waals surface area contributed by atoms with Crippen molar-refractivity contribution >= 4 is 27.7 Å². The van der Waals surface area contributed by atoms with E-state index in [9.17, 15) is 0 Å². The molecule has 0 aliphatic carbocycles. The third-order valence-corrected chi connectivity index (χ3v) is 4.72. The molecule has 0 atom stereocenters. The maximum atomic E-state index is 5.89. The third kappa shape index (κ3) is 3.19. The number of hydrogen-bond acceptors (Lipinski definition) is 4. The Labute approximate surface area is 121 Å². The van der Waals surface area contributed by atoms with Gasteiger partial charge >= 0.3 is 0 Å². The van der Waals surface area contributed by atoms with Crippen molar-refractivity contribution in [2.75, 3.05) is 11.1 Å². The van der Waals surface area contributed by atoms with Crippen LogP contribution in [0.1, 0.15) is 30.7 Å². The van der Waals surface area contributed by atoms with Gasteiger partial charge in [-0.05, 0) is 12.5 Å². The van der Waals surface area contributed by atoms with E-state index >= 15 is 0 Å². The zero-order valence-corrected chi connectivity index (χ0v) is 13.4. The zero-order valence-electron chi connectivity index (χ0n) is 11.0. The van der Waals surface area contributed by atoms with Crippen LogP contribution in [0.2, 0.25) is 0 Å². The molecule has 100 valence electrons. The molecule has 0 fully saturated rings. The minimum absolute atomic E-state index is 0.554. The molecule has 18 heavy (non-hydrogen) atoms. The van der Waals surface area contributed by atoms with Crippen molar-refractivity contribution in [1.82, 2.24) is 4.98 Å². The molecule has 0 saturated heterocycles. The molecule has 0 aromatic carbocycles. The predicted molar refractivity (Wildman–Crippen MR) is 78.4 cm³/mol. The molecule has 2 heterocycles. The molecule has 1 aromatic rings. The summed E-state index contributed by atoms with van der Waals surface area (Å²) in [7, 11) is 0.